The van der Waals surface area contributed by atoms with Gasteiger partial charge in [-0.2, -0.15) is 15.1 Å². The van der Waals surface area contributed by atoms with E-state index < -0.39 is 0 Å². The fraction of sp³-hybridized carbons (Fsp3) is 0.500. The molecule has 2 aliphatic heterocycles. The van der Waals surface area contributed by atoms with Gasteiger partial charge in [0.25, 0.3) is 0 Å². The monoisotopic (exact) mass is 424 g/mol. The van der Waals surface area contributed by atoms with Gasteiger partial charge in [0.05, 0.1) is 32.0 Å². The Labute approximate surface area is 181 Å². The number of fused-ring (bicyclic) bond motifs is 1. The fourth-order valence-electron chi connectivity index (χ4n) is 4.06. The van der Waals surface area contributed by atoms with E-state index in [1.165, 1.54) is 0 Å². The molecule has 0 bridgehead atoms. The molecule has 31 heavy (non-hydrogen) atoms. The summed E-state index contributed by atoms with van der Waals surface area (Å²) in [5.41, 5.74) is 2.02. The highest BCUT2D eigenvalue weighted by atomic mass is 16.5. The standard InChI is InChI=1S/C22H28N6O3/c1-15-10-16-13-23-28(18(16)11-19(15)31-17-4-9-30-14-17)21-12-20(24-22(25-21)29-3)27-7-5-26(2)6-8-27/h10-13,17H,4-9,14H2,1-3H3/t17-/m0/s1. The second-order valence-electron chi connectivity index (χ2n) is 8.20. The van der Waals surface area contributed by atoms with Crippen molar-refractivity contribution in [2.24, 2.45) is 0 Å². The number of methoxy groups -OCH3 is 1. The average Bonchev–Trinajstić information content (AvgIpc) is 3.44. The molecule has 2 aliphatic rings. The van der Waals surface area contributed by atoms with Crippen LogP contribution >= 0.6 is 0 Å². The number of aromatic nitrogens is 4. The van der Waals surface area contributed by atoms with Crippen LogP contribution in [0.3, 0.4) is 0 Å². The van der Waals surface area contributed by atoms with Crippen LogP contribution in [-0.2, 0) is 4.74 Å². The van der Waals surface area contributed by atoms with Gasteiger partial charge in [-0.25, -0.2) is 4.68 Å². The molecule has 4 heterocycles. The number of anilines is 1. The van der Waals surface area contributed by atoms with Gasteiger partial charge in [0, 0.05) is 50.1 Å². The number of rotatable bonds is 5. The molecule has 0 aliphatic carbocycles. The molecule has 0 unspecified atom stereocenters. The van der Waals surface area contributed by atoms with E-state index >= 15 is 0 Å². The summed E-state index contributed by atoms with van der Waals surface area (Å²) in [4.78, 5) is 13.7. The van der Waals surface area contributed by atoms with Gasteiger partial charge >= 0.3 is 6.01 Å². The molecule has 0 radical (unpaired) electrons. The highest BCUT2D eigenvalue weighted by Gasteiger charge is 2.21. The van der Waals surface area contributed by atoms with Crippen molar-refractivity contribution in [1.29, 1.82) is 0 Å². The third-order valence-corrected chi connectivity index (χ3v) is 5.95. The van der Waals surface area contributed by atoms with Gasteiger partial charge in [0.1, 0.15) is 17.7 Å². The van der Waals surface area contributed by atoms with Gasteiger partial charge in [-0.3, -0.25) is 0 Å². The van der Waals surface area contributed by atoms with E-state index in [2.05, 4.69) is 44.9 Å². The number of hydrogen-bond donors (Lipinski definition) is 0. The summed E-state index contributed by atoms with van der Waals surface area (Å²) in [6.45, 7) is 7.26. The Bertz CT molecular complexity index is 1070. The van der Waals surface area contributed by atoms with Crippen LogP contribution in [0.15, 0.2) is 24.4 Å². The minimum Gasteiger partial charge on any atom is -0.488 e. The van der Waals surface area contributed by atoms with Crippen molar-refractivity contribution in [3.05, 3.63) is 30.0 Å². The third-order valence-electron chi connectivity index (χ3n) is 5.95. The van der Waals surface area contributed by atoms with Crippen molar-refractivity contribution in [3.63, 3.8) is 0 Å². The normalized spacial score (nSPS) is 19.8. The average molecular weight is 425 g/mol. The van der Waals surface area contributed by atoms with Crippen molar-refractivity contribution in [2.45, 2.75) is 19.4 Å². The maximum absolute atomic E-state index is 6.21. The van der Waals surface area contributed by atoms with E-state index in [1.807, 2.05) is 23.0 Å². The first kappa shape index (κ1) is 20.0. The Morgan fingerprint density at radius 2 is 1.87 bits per heavy atom. The zero-order valence-corrected chi connectivity index (χ0v) is 18.2. The number of aryl methyl sites for hydroxylation is 1. The van der Waals surface area contributed by atoms with Crippen molar-refractivity contribution < 1.29 is 14.2 Å². The molecule has 3 aromatic rings. The Balaban J connectivity index is 1.52. The summed E-state index contributed by atoms with van der Waals surface area (Å²) in [6, 6.07) is 6.46. The number of hydrogen-bond acceptors (Lipinski definition) is 8. The van der Waals surface area contributed by atoms with Crippen LogP contribution in [0.2, 0.25) is 0 Å². The van der Waals surface area contributed by atoms with Crippen molar-refractivity contribution in [1.82, 2.24) is 24.6 Å². The van der Waals surface area contributed by atoms with Crippen LogP contribution in [0.4, 0.5) is 5.82 Å². The Hall–Kier alpha value is -2.91. The van der Waals surface area contributed by atoms with E-state index in [4.69, 9.17) is 14.2 Å². The van der Waals surface area contributed by atoms with Gasteiger partial charge in [-0.15, -0.1) is 0 Å². The molecule has 0 amide bonds. The van der Waals surface area contributed by atoms with E-state index in [0.717, 1.165) is 67.2 Å². The molecule has 1 aromatic carbocycles. The van der Waals surface area contributed by atoms with Gasteiger partial charge in [0.15, 0.2) is 5.82 Å². The topological polar surface area (TPSA) is 77.8 Å². The molecule has 2 fully saturated rings. The summed E-state index contributed by atoms with van der Waals surface area (Å²) in [5, 5.41) is 5.65. The predicted molar refractivity (Wildman–Crippen MR) is 118 cm³/mol. The van der Waals surface area contributed by atoms with Crippen LogP contribution in [-0.4, -0.2) is 84.3 Å². The smallest absolute Gasteiger partial charge is 0.320 e. The van der Waals surface area contributed by atoms with Gasteiger partial charge in [-0.1, -0.05) is 0 Å². The molecule has 9 nitrogen and oxygen atoms in total. The molecule has 1 atom stereocenters. The van der Waals surface area contributed by atoms with Gasteiger partial charge in [-0.05, 0) is 25.6 Å². The predicted octanol–water partition coefficient (Wildman–Crippen LogP) is 2.05. The van der Waals surface area contributed by atoms with E-state index in [9.17, 15) is 0 Å². The quantitative estimate of drug-likeness (QED) is 0.616. The summed E-state index contributed by atoms with van der Waals surface area (Å²) in [6.07, 6.45) is 2.86. The second-order valence-corrected chi connectivity index (χ2v) is 8.20. The van der Waals surface area contributed by atoms with Crippen LogP contribution in [0, 0.1) is 6.92 Å². The summed E-state index contributed by atoms with van der Waals surface area (Å²) in [7, 11) is 3.73. The number of piperazine rings is 1. The molecule has 2 saturated heterocycles. The largest absolute Gasteiger partial charge is 0.488 e. The first-order chi connectivity index (χ1) is 15.1. The maximum Gasteiger partial charge on any atom is 0.320 e. The van der Waals surface area contributed by atoms with E-state index in [1.54, 1.807) is 7.11 Å². The number of ether oxygens (including phenoxy) is 3. The first-order valence-corrected chi connectivity index (χ1v) is 10.7. The number of nitrogens with zero attached hydrogens (tertiary/aromatic N) is 6. The molecule has 5 rings (SSSR count). The molecule has 0 saturated carbocycles. The minimum atomic E-state index is 0.0931. The molecule has 9 heteroatoms. The van der Waals surface area contributed by atoms with E-state index in [0.29, 0.717) is 18.4 Å². The Kier molecular flexibility index (Phi) is 5.37. The maximum atomic E-state index is 6.21. The molecular formula is C22H28N6O3. The second kappa shape index (κ2) is 8.32. The summed E-state index contributed by atoms with van der Waals surface area (Å²) < 4.78 is 18.9. The highest BCUT2D eigenvalue weighted by molar-refractivity contribution is 5.83. The van der Waals surface area contributed by atoms with Crippen molar-refractivity contribution in [2.75, 3.05) is 58.5 Å². The lowest BCUT2D eigenvalue weighted by Gasteiger charge is -2.33. The number of benzene rings is 1. The molecule has 0 N–H and O–H groups in total. The lowest BCUT2D eigenvalue weighted by molar-refractivity contribution is 0.141. The van der Waals surface area contributed by atoms with Crippen LogP contribution in [0.1, 0.15) is 12.0 Å². The van der Waals surface area contributed by atoms with E-state index in [-0.39, 0.29) is 6.10 Å². The third kappa shape index (κ3) is 4.03. The molecule has 0 spiro atoms. The van der Waals surface area contributed by atoms with Gasteiger partial charge < -0.3 is 24.0 Å². The van der Waals surface area contributed by atoms with Gasteiger partial charge in [0.2, 0.25) is 0 Å². The highest BCUT2D eigenvalue weighted by Crippen LogP contribution is 2.30. The summed E-state index contributed by atoms with van der Waals surface area (Å²) in [5.74, 6) is 2.38. The molecular weight excluding hydrogens is 396 g/mol. The van der Waals surface area contributed by atoms with Crippen LogP contribution in [0.25, 0.3) is 16.7 Å². The summed E-state index contributed by atoms with van der Waals surface area (Å²) >= 11 is 0. The van der Waals surface area contributed by atoms with Crippen LogP contribution in [0.5, 0.6) is 11.8 Å². The molecule has 164 valence electrons. The fourth-order valence-corrected chi connectivity index (χ4v) is 4.06. The van der Waals surface area contributed by atoms with Crippen LogP contribution < -0.4 is 14.4 Å². The minimum absolute atomic E-state index is 0.0931. The first-order valence-electron chi connectivity index (χ1n) is 10.7. The lowest BCUT2D eigenvalue weighted by Crippen LogP contribution is -2.44. The Morgan fingerprint density at radius 3 is 2.61 bits per heavy atom. The Morgan fingerprint density at radius 1 is 1.06 bits per heavy atom. The zero-order valence-electron chi connectivity index (χ0n) is 18.2. The zero-order chi connectivity index (χ0) is 21.4. The number of likely N-dealkylation sites (N-methyl/N-ethyl adjacent to an activating group) is 1. The van der Waals surface area contributed by atoms with Crippen molar-refractivity contribution >= 4 is 16.7 Å². The lowest BCUT2D eigenvalue weighted by atomic mass is 10.1. The molecule has 2 aromatic heterocycles. The van der Waals surface area contributed by atoms with Crippen molar-refractivity contribution in [3.8, 4) is 17.6 Å². The SMILES string of the molecule is COc1nc(N2CCN(C)CC2)cc(-n2ncc3cc(C)c(O[C@H]4CCOC4)cc32)n1.